The molecule has 0 aliphatic carbocycles. The van der Waals surface area contributed by atoms with Gasteiger partial charge in [-0.25, -0.2) is 13.1 Å². The second kappa shape index (κ2) is 6.72. The summed E-state index contributed by atoms with van der Waals surface area (Å²) in [7, 11) is -3.77. The Balaban J connectivity index is 2.09. The van der Waals surface area contributed by atoms with Crippen LogP contribution in [0.1, 0.15) is 26.7 Å². The van der Waals surface area contributed by atoms with E-state index in [4.69, 9.17) is 0 Å². The van der Waals surface area contributed by atoms with Gasteiger partial charge in [-0.05, 0) is 31.8 Å². The maximum Gasteiger partial charge on any atom is 0.245 e. The molecule has 0 amide bonds. The first kappa shape index (κ1) is 16.2. The molecular weight excluding hydrogens is 290 g/mol. The Bertz CT molecular complexity index is 618. The highest BCUT2D eigenvalue weighted by molar-refractivity contribution is 7.89. The lowest BCUT2D eigenvalue weighted by Crippen LogP contribution is -2.46. The van der Waals surface area contributed by atoms with Crippen LogP contribution >= 0.6 is 0 Å². The molecule has 1 saturated heterocycles. The lowest BCUT2D eigenvalue weighted by molar-refractivity contribution is 0.193. The van der Waals surface area contributed by atoms with Gasteiger partial charge in [-0.2, -0.15) is 0 Å². The number of aromatic amines is 1. The molecule has 2 heterocycles. The molecule has 0 radical (unpaired) electrons. The van der Waals surface area contributed by atoms with Crippen molar-refractivity contribution in [2.45, 2.75) is 37.6 Å². The van der Waals surface area contributed by atoms with Crippen LogP contribution in [0.25, 0.3) is 0 Å². The van der Waals surface area contributed by atoms with Crippen LogP contribution in [0, 0.1) is 5.92 Å². The second-order valence-electron chi connectivity index (χ2n) is 5.78. The molecule has 2 N–H and O–H groups in total. The second-order valence-corrected chi connectivity index (χ2v) is 7.51. The van der Waals surface area contributed by atoms with Crippen LogP contribution in [-0.2, 0) is 10.0 Å². The zero-order valence-corrected chi connectivity index (χ0v) is 13.3. The number of hydrogen-bond acceptors (Lipinski definition) is 4. The van der Waals surface area contributed by atoms with Gasteiger partial charge >= 0.3 is 0 Å². The summed E-state index contributed by atoms with van der Waals surface area (Å²) in [6.07, 6.45) is 4.97. The third-order valence-corrected chi connectivity index (χ3v) is 5.38. The molecule has 1 aromatic rings. The first-order chi connectivity index (χ1) is 9.92. The van der Waals surface area contributed by atoms with Crippen LogP contribution in [0.4, 0.5) is 0 Å². The predicted octanol–water partition coefficient (Wildman–Crippen LogP) is 0.774. The Kier molecular flexibility index (Phi) is 5.18. The van der Waals surface area contributed by atoms with E-state index in [2.05, 4.69) is 28.5 Å². The summed E-state index contributed by atoms with van der Waals surface area (Å²) in [5.74, 6) is 0.347. The van der Waals surface area contributed by atoms with Gasteiger partial charge in [0.15, 0.2) is 0 Å². The summed E-state index contributed by atoms with van der Waals surface area (Å²) in [6, 6.07) is 1.37. The zero-order chi connectivity index (χ0) is 15.5. The Morgan fingerprint density at radius 1 is 1.33 bits per heavy atom. The molecule has 1 aliphatic heterocycles. The lowest BCUT2D eigenvalue weighted by Gasteiger charge is -2.30. The van der Waals surface area contributed by atoms with E-state index >= 15 is 0 Å². The molecule has 1 unspecified atom stereocenters. The fourth-order valence-corrected chi connectivity index (χ4v) is 3.85. The van der Waals surface area contributed by atoms with Gasteiger partial charge in [0.1, 0.15) is 4.90 Å². The molecule has 0 aromatic carbocycles. The number of likely N-dealkylation sites (tertiary alicyclic amines) is 1. The molecule has 0 spiro atoms. The minimum Gasteiger partial charge on any atom is -0.366 e. The third kappa shape index (κ3) is 3.93. The average Bonchev–Trinajstić information content (AvgIpc) is 2.92. The first-order valence-corrected chi connectivity index (χ1v) is 8.81. The van der Waals surface area contributed by atoms with Crippen molar-refractivity contribution in [2.24, 2.45) is 5.92 Å². The zero-order valence-electron chi connectivity index (χ0n) is 12.5. The predicted molar refractivity (Wildman–Crippen MR) is 81.7 cm³/mol. The Labute approximate surface area is 125 Å². The maximum absolute atomic E-state index is 12.2. The number of nitrogens with zero attached hydrogens (tertiary/aromatic N) is 1. The topological polar surface area (TPSA) is 82.3 Å². The van der Waals surface area contributed by atoms with E-state index in [0.717, 1.165) is 25.9 Å². The van der Waals surface area contributed by atoms with Crippen molar-refractivity contribution >= 4 is 10.0 Å². The van der Waals surface area contributed by atoms with Crippen LogP contribution in [0.5, 0.6) is 0 Å². The summed E-state index contributed by atoms with van der Waals surface area (Å²) in [6.45, 7) is 6.53. The van der Waals surface area contributed by atoms with E-state index in [1.165, 1.54) is 18.5 Å². The fourth-order valence-electron chi connectivity index (χ4n) is 2.74. The molecule has 7 heteroatoms. The van der Waals surface area contributed by atoms with E-state index in [0.29, 0.717) is 12.5 Å². The molecule has 21 heavy (non-hydrogen) atoms. The van der Waals surface area contributed by atoms with Gasteiger partial charge in [-0.15, -0.1) is 0 Å². The Morgan fingerprint density at radius 3 is 2.57 bits per heavy atom. The summed E-state index contributed by atoms with van der Waals surface area (Å²) in [4.78, 5) is 16.4. The van der Waals surface area contributed by atoms with E-state index in [-0.39, 0.29) is 10.9 Å². The van der Waals surface area contributed by atoms with Crippen molar-refractivity contribution < 1.29 is 8.42 Å². The summed E-state index contributed by atoms with van der Waals surface area (Å²) >= 11 is 0. The molecular formula is C14H23N3O3S. The average molecular weight is 313 g/mol. The van der Waals surface area contributed by atoms with Gasteiger partial charge in [0.25, 0.3) is 0 Å². The van der Waals surface area contributed by atoms with Crippen LogP contribution in [0.2, 0.25) is 0 Å². The molecule has 1 aromatic heterocycles. The van der Waals surface area contributed by atoms with Gasteiger partial charge < -0.3 is 4.98 Å². The van der Waals surface area contributed by atoms with Gasteiger partial charge in [0.2, 0.25) is 15.5 Å². The largest absolute Gasteiger partial charge is 0.366 e. The number of hydrogen-bond donors (Lipinski definition) is 2. The molecule has 118 valence electrons. The van der Waals surface area contributed by atoms with Crippen molar-refractivity contribution in [1.82, 2.24) is 14.6 Å². The fraction of sp³-hybridized carbons (Fsp3) is 0.643. The van der Waals surface area contributed by atoms with E-state index in [9.17, 15) is 13.2 Å². The van der Waals surface area contributed by atoms with E-state index in [1.54, 1.807) is 0 Å². The SMILES string of the molecule is CC(C)C(CNS(=O)(=O)c1c[nH]ccc1=O)N1CCCC1. The van der Waals surface area contributed by atoms with Crippen molar-refractivity contribution in [3.8, 4) is 0 Å². The quantitative estimate of drug-likeness (QED) is 0.813. The summed E-state index contributed by atoms with van der Waals surface area (Å²) in [5, 5.41) is 0. The third-order valence-electron chi connectivity index (χ3n) is 3.94. The normalized spacial score (nSPS) is 18.2. The minimum absolute atomic E-state index is 0.157. The summed E-state index contributed by atoms with van der Waals surface area (Å²) in [5.41, 5.74) is -0.497. The number of aromatic nitrogens is 1. The number of rotatable bonds is 6. The lowest BCUT2D eigenvalue weighted by atomic mass is 10.0. The molecule has 0 saturated carbocycles. The van der Waals surface area contributed by atoms with Crippen molar-refractivity contribution in [1.29, 1.82) is 0 Å². The number of sulfonamides is 1. The maximum atomic E-state index is 12.2. The van der Waals surface area contributed by atoms with Gasteiger partial charge in [-0.3, -0.25) is 9.69 Å². The molecule has 1 aliphatic rings. The van der Waals surface area contributed by atoms with Crippen LogP contribution < -0.4 is 10.2 Å². The van der Waals surface area contributed by atoms with Crippen LogP contribution in [0.15, 0.2) is 28.2 Å². The minimum atomic E-state index is -3.77. The van der Waals surface area contributed by atoms with E-state index < -0.39 is 15.5 Å². The van der Waals surface area contributed by atoms with Crippen molar-refractivity contribution in [3.63, 3.8) is 0 Å². The number of nitrogens with one attached hydrogen (secondary N) is 2. The van der Waals surface area contributed by atoms with Gasteiger partial charge in [0.05, 0.1) is 0 Å². The van der Waals surface area contributed by atoms with Crippen LogP contribution in [0.3, 0.4) is 0 Å². The van der Waals surface area contributed by atoms with Crippen molar-refractivity contribution in [3.05, 3.63) is 28.7 Å². The van der Waals surface area contributed by atoms with Crippen LogP contribution in [-0.4, -0.2) is 44.0 Å². The molecule has 2 rings (SSSR count). The van der Waals surface area contributed by atoms with Gasteiger partial charge in [-0.1, -0.05) is 13.8 Å². The molecule has 1 atom stereocenters. The molecule has 0 bridgehead atoms. The first-order valence-electron chi connectivity index (χ1n) is 7.32. The standard InChI is InChI=1S/C14H23N3O3S/c1-11(2)12(17-7-3-4-8-17)9-16-21(19,20)14-10-15-6-5-13(14)18/h5-6,10-12,16H,3-4,7-9H2,1-2H3,(H,15,18). The Morgan fingerprint density at radius 2 is 2.00 bits per heavy atom. The van der Waals surface area contributed by atoms with Gasteiger partial charge in [0, 0.05) is 31.0 Å². The van der Waals surface area contributed by atoms with Crippen molar-refractivity contribution in [2.75, 3.05) is 19.6 Å². The molecule has 6 nitrogen and oxygen atoms in total. The number of pyridine rings is 1. The number of H-pyrrole nitrogens is 1. The van der Waals surface area contributed by atoms with E-state index in [1.807, 2.05) is 0 Å². The smallest absolute Gasteiger partial charge is 0.245 e. The highest BCUT2D eigenvalue weighted by Gasteiger charge is 2.27. The monoisotopic (exact) mass is 313 g/mol. The highest BCUT2D eigenvalue weighted by Crippen LogP contribution is 2.17. The molecule has 1 fully saturated rings. The Hall–Kier alpha value is -1.18. The summed E-state index contributed by atoms with van der Waals surface area (Å²) < 4.78 is 27.1. The highest BCUT2D eigenvalue weighted by atomic mass is 32.2.